The van der Waals surface area contributed by atoms with Crippen molar-refractivity contribution in [3.63, 3.8) is 0 Å². The van der Waals surface area contributed by atoms with E-state index in [0.717, 1.165) is 49.4 Å². The van der Waals surface area contributed by atoms with E-state index in [9.17, 15) is 8.42 Å². The summed E-state index contributed by atoms with van der Waals surface area (Å²) in [6, 6.07) is 0. The van der Waals surface area contributed by atoms with E-state index < -0.39 is 9.84 Å². The highest BCUT2D eigenvalue weighted by molar-refractivity contribution is 7.92. The topological polar surface area (TPSA) is 77.7 Å². The van der Waals surface area contributed by atoms with Gasteiger partial charge in [-0.1, -0.05) is 6.42 Å². The lowest BCUT2D eigenvalue weighted by Gasteiger charge is -2.06. The van der Waals surface area contributed by atoms with Gasteiger partial charge in [-0.3, -0.25) is 0 Å². The molecule has 0 fully saturated rings. The molecular weight excluding hydrogens is 284 g/mol. The van der Waals surface area contributed by atoms with Crippen LogP contribution in [0.15, 0.2) is 15.9 Å². The van der Waals surface area contributed by atoms with Crippen molar-refractivity contribution in [1.82, 2.24) is 19.7 Å². The van der Waals surface area contributed by atoms with Crippen LogP contribution in [0.1, 0.15) is 30.9 Å². The van der Waals surface area contributed by atoms with Crippen LogP contribution in [-0.4, -0.2) is 28.2 Å². The Morgan fingerprint density at radius 1 is 1.26 bits per heavy atom. The minimum Gasteiger partial charge on any atom is -0.314 e. The van der Waals surface area contributed by atoms with Gasteiger partial charge in [0.2, 0.25) is 14.2 Å². The van der Waals surface area contributed by atoms with Crippen molar-refractivity contribution in [1.29, 1.82) is 0 Å². The summed E-state index contributed by atoms with van der Waals surface area (Å²) in [5.74, 6) is 1.32. The summed E-state index contributed by atoms with van der Waals surface area (Å²) >= 11 is 1.14. The summed E-state index contributed by atoms with van der Waals surface area (Å²) < 4.78 is 26.5. The molecule has 2 aromatic heterocycles. The summed E-state index contributed by atoms with van der Waals surface area (Å²) in [4.78, 5) is 3.87. The lowest BCUT2D eigenvalue weighted by Crippen LogP contribution is -2.12. The molecule has 0 saturated heterocycles. The van der Waals surface area contributed by atoms with Gasteiger partial charge in [-0.05, 0) is 12.8 Å². The molecule has 2 aromatic rings. The number of rotatable bonds is 3. The third-order valence-electron chi connectivity index (χ3n) is 3.18. The lowest BCUT2D eigenvalue weighted by molar-refractivity contribution is 0.583. The highest BCUT2D eigenvalue weighted by Gasteiger charge is 2.23. The van der Waals surface area contributed by atoms with Crippen molar-refractivity contribution in [2.75, 3.05) is 0 Å². The van der Waals surface area contributed by atoms with E-state index >= 15 is 0 Å². The summed E-state index contributed by atoms with van der Waals surface area (Å²) in [5.41, 5.74) is 0. The zero-order valence-electron chi connectivity index (χ0n) is 10.3. The summed E-state index contributed by atoms with van der Waals surface area (Å²) in [6.07, 6.45) is 5.68. The second-order valence-corrected chi connectivity index (χ2v) is 7.61. The molecule has 6 nitrogen and oxygen atoms in total. The van der Waals surface area contributed by atoms with E-state index in [1.165, 1.54) is 6.20 Å². The molecule has 0 atom stereocenters. The first-order valence-electron chi connectivity index (χ1n) is 6.20. The number of fused-ring (bicyclic) bond motifs is 1. The molecule has 0 saturated carbocycles. The fourth-order valence-corrected chi connectivity index (χ4v) is 4.44. The molecular formula is C11H14N4O2S2. The number of nitrogens with zero attached hydrogens (tertiary/aromatic N) is 4. The second kappa shape index (κ2) is 5.01. The molecule has 3 heterocycles. The molecule has 0 N–H and O–H groups in total. The largest absolute Gasteiger partial charge is 0.314 e. The predicted octanol–water partition coefficient (Wildman–Crippen LogP) is 1.43. The molecule has 1 aliphatic rings. The fourth-order valence-electron chi connectivity index (χ4n) is 2.25. The Morgan fingerprint density at radius 3 is 2.95 bits per heavy atom. The van der Waals surface area contributed by atoms with Crippen molar-refractivity contribution >= 4 is 21.2 Å². The first-order valence-corrected chi connectivity index (χ1v) is 8.73. The van der Waals surface area contributed by atoms with Crippen LogP contribution in [0.3, 0.4) is 0 Å². The first kappa shape index (κ1) is 12.7. The van der Waals surface area contributed by atoms with Crippen LogP contribution in [0.2, 0.25) is 0 Å². The van der Waals surface area contributed by atoms with Gasteiger partial charge in [0.15, 0.2) is 0 Å². The number of sulfone groups is 1. The summed E-state index contributed by atoms with van der Waals surface area (Å²) in [6.45, 7) is 0.811. The summed E-state index contributed by atoms with van der Waals surface area (Å²) in [7, 11) is -3.40. The van der Waals surface area contributed by atoms with Crippen LogP contribution in [0.25, 0.3) is 0 Å². The van der Waals surface area contributed by atoms with Gasteiger partial charge in [0.25, 0.3) is 0 Å². The van der Waals surface area contributed by atoms with Crippen LogP contribution in [-0.2, 0) is 28.6 Å². The molecule has 0 aliphatic carbocycles. The van der Waals surface area contributed by atoms with Gasteiger partial charge in [0.1, 0.15) is 17.4 Å². The van der Waals surface area contributed by atoms with Crippen LogP contribution in [0, 0.1) is 0 Å². The standard InChI is InChI=1S/C11H14N4O2S2/c16-19(17,11-12-5-7-18-11)8-10-14-13-9-4-2-1-3-6-15(9)10/h5,7H,1-4,6,8H2. The third-order valence-corrected chi connectivity index (χ3v) is 6.07. The SMILES string of the molecule is O=S(=O)(Cc1nnc2n1CCCCC2)c1nccs1. The van der Waals surface area contributed by atoms with E-state index in [0.29, 0.717) is 5.82 Å². The lowest BCUT2D eigenvalue weighted by atomic mass is 10.2. The van der Waals surface area contributed by atoms with Gasteiger partial charge < -0.3 is 4.57 Å². The van der Waals surface area contributed by atoms with Gasteiger partial charge in [0.05, 0.1) is 0 Å². The molecule has 0 bridgehead atoms. The van der Waals surface area contributed by atoms with E-state index in [4.69, 9.17) is 0 Å². The number of hydrogen-bond donors (Lipinski definition) is 0. The third kappa shape index (κ3) is 2.55. The number of hydrogen-bond acceptors (Lipinski definition) is 6. The predicted molar refractivity (Wildman–Crippen MR) is 70.6 cm³/mol. The first-order chi connectivity index (χ1) is 9.17. The number of aryl methyl sites for hydroxylation is 1. The average molecular weight is 298 g/mol. The van der Waals surface area contributed by atoms with Crippen molar-refractivity contribution in [2.24, 2.45) is 0 Å². The molecule has 0 aromatic carbocycles. The van der Waals surface area contributed by atoms with Gasteiger partial charge in [-0.2, -0.15) is 0 Å². The maximum atomic E-state index is 12.2. The number of thiazole rings is 1. The molecule has 3 rings (SSSR count). The van der Waals surface area contributed by atoms with Gasteiger partial charge in [-0.25, -0.2) is 13.4 Å². The van der Waals surface area contributed by atoms with E-state index in [1.807, 2.05) is 4.57 Å². The molecule has 1 aliphatic heterocycles. The monoisotopic (exact) mass is 298 g/mol. The van der Waals surface area contributed by atoms with E-state index in [1.54, 1.807) is 5.38 Å². The molecule has 8 heteroatoms. The van der Waals surface area contributed by atoms with Crippen molar-refractivity contribution in [3.8, 4) is 0 Å². The zero-order valence-corrected chi connectivity index (χ0v) is 12.0. The van der Waals surface area contributed by atoms with E-state index in [-0.39, 0.29) is 10.1 Å². The van der Waals surface area contributed by atoms with Gasteiger partial charge in [0, 0.05) is 24.5 Å². The fraction of sp³-hybridized carbons (Fsp3) is 0.545. The normalized spacial score (nSPS) is 16.0. The summed E-state index contributed by atoms with van der Waals surface area (Å²) in [5, 5.41) is 9.82. The molecule has 0 amide bonds. The minimum atomic E-state index is -3.40. The molecule has 0 radical (unpaired) electrons. The Morgan fingerprint density at radius 2 is 2.16 bits per heavy atom. The quantitative estimate of drug-likeness (QED) is 0.856. The van der Waals surface area contributed by atoms with E-state index in [2.05, 4.69) is 15.2 Å². The van der Waals surface area contributed by atoms with Crippen LogP contribution < -0.4 is 0 Å². The van der Waals surface area contributed by atoms with Crippen LogP contribution in [0.5, 0.6) is 0 Å². The molecule has 19 heavy (non-hydrogen) atoms. The Kier molecular flexibility index (Phi) is 3.36. The maximum absolute atomic E-state index is 12.2. The molecule has 0 spiro atoms. The smallest absolute Gasteiger partial charge is 0.212 e. The van der Waals surface area contributed by atoms with Crippen LogP contribution in [0.4, 0.5) is 0 Å². The number of aromatic nitrogens is 4. The zero-order chi connectivity index (χ0) is 13.3. The van der Waals surface area contributed by atoms with Gasteiger partial charge >= 0.3 is 0 Å². The van der Waals surface area contributed by atoms with Gasteiger partial charge in [-0.15, -0.1) is 21.5 Å². The maximum Gasteiger partial charge on any atom is 0.212 e. The minimum absolute atomic E-state index is 0.118. The Bertz CT molecular complexity index is 661. The average Bonchev–Trinajstić information content (AvgIpc) is 2.96. The van der Waals surface area contributed by atoms with Crippen molar-refractivity contribution < 1.29 is 8.42 Å². The second-order valence-electron chi connectivity index (χ2n) is 4.55. The molecule has 0 unspecified atom stereocenters. The Labute approximate surface area is 115 Å². The molecule has 102 valence electrons. The van der Waals surface area contributed by atoms with Crippen molar-refractivity contribution in [3.05, 3.63) is 23.2 Å². The highest BCUT2D eigenvalue weighted by Crippen LogP contribution is 2.20. The van der Waals surface area contributed by atoms with Crippen LogP contribution >= 0.6 is 11.3 Å². The Balaban J connectivity index is 1.90. The Hall–Kier alpha value is -1.28. The highest BCUT2D eigenvalue weighted by atomic mass is 32.2. The van der Waals surface area contributed by atoms with Crippen molar-refractivity contribution in [2.45, 2.75) is 42.3 Å².